The van der Waals surface area contributed by atoms with E-state index in [1.54, 1.807) is 0 Å². The summed E-state index contributed by atoms with van der Waals surface area (Å²) in [6.07, 6.45) is 3.14. The van der Waals surface area contributed by atoms with Gasteiger partial charge in [0.2, 0.25) is 0 Å². The van der Waals surface area contributed by atoms with Crippen molar-refractivity contribution in [2.24, 2.45) is 0 Å². The third-order valence-electron chi connectivity index (χ3n) is 2.11. The van der Waals surface area contributed by atoms with E-state index in [-0.39, 0.29) is 0 Å². The standard InChI is InChI=1S/C9H14O2/c1-3-7-5-4-6(2)8(10)9(7)11/h4-5,8-11H,3H2,1-2H3/t8-,9+/m0/s1. The fourth-order valence-electron chi connectivity index (χ4n) is 1.21. The maximum Gasteiger partial charge on any atom is 0.105 e. The lowest BCUT2D eigenvalue weighted by Gasteiger charge is -2.23. The first-order valence-corrected chi connectivity index (χ1v) is 3.90. The van der Waals surface area contributed by atoms with Gasteiger partial charge in [-0.25, -0.2) is 0 Å². The molecule has 2 atom stereocenters. The molecule has 2 N–H and O–H groups in total. The Morgan fingerprint density at radius 1 is 1.27 bits per heavy atom. The van der Waals surface area contributed by atoms with Crippen molar-refractivity contribution in [3.8, 4) is 0 Å². The highest BCUT2D eigenvalue weighted by Gasteiger charge is 2.22. The number of aliphatic hydroxyl groups excluding tert-OH is 2. The van der Waals surface area contributed by atoms with E-state index in [0.717, 1.165) is 17.6 Å². The smallest absolute Gasteiger partial charge is 0.105 e. The van der Waals surface area contributed by atoms with Crippen LogP contribution in [0, 0.1) is 0 Å². The van der Waals surface area contributed by atoms with Crippen LogP contribution in [0.25, 0.3) is 0 Å². The molecule has 1 aliphatic carbocycles. The van der Waals surface area contributed by atoms with E-state index in [9.17, 15) is 10.2 Å². The highest BCUT2D eigenvalue weighted by atomic mass is 16.3. The molecule has 0 saturated heterocycles. The van der Waals surface area contributed by atoms with Gasteiger partial charge in [0.15, 0.2) is 0 Å². The summed E-state index contributed by atoms with van der Waals surface area (Å²) in [6.45, 7) is 3.78. The van der Waals surface area contributed by atoms with Crippen LogP contribution < -0.4 is 0 Å². The fraction of sp³-hybridized carbons (Fsp3) is 0.556. The highest BCUT2D eigenvalue weighted by molar-refractivity contribution is 5.30. The molecule has 0 bridgehead atoms. The molecule has 1 aliphatic rings. The summed E-state index contributed by atoms with van der Waals surface area (Å²) in [7, 11) is 0. The van der Waals surface area contributed by atoms with Crippen LogP contribution in [0.15, 0.2) is 23.3 Å². The average molecular weight is 154 g/mol. The molecule has 0 amide bonds. The van der Waals surface area contributed by atoms with Gasteiger partial charge in [-0.3, -0.25) is 0 Å². The van der Waals surface area contributed by atoms with Crippen molar-refractivity contribution in [2.45, 2.75) is 32.5 Å². The summed E-state index contributed by atoms with van der Waals surface area (Å²) in [5.74, 6) is 0. The number of aliphatic hydroxyl groups is 2. The van der Waals surface area contributed by atoms with Crippen molar-refractivity contribution < 1.29 is 10.2 Å². The van der Waals surface area contributed by atoms with Crippen molar-refractivity contribution in [2.75, 3.05) is 0 Å². The van der Waals surface area contributed by atoms with Crippen molar-refractivity contribution in [3.63, 3.8) is 0 Å². The second kappa shape index (κ2) is 3.20. The predicted molar refractivity (Wildman–Crippen MR) is 44.1 cm³/mol. The van der Waals surface area contributed by atoms with Gasteiger partial charge in [0.1, 0.15) is 12.2 Å². The van der Waals surface area contributed by atoms with Gasteiger partial charge in [-0.15, -0.1) is 0 Å². The lowest BCUT2D eigenvalue weighted by atomic mass is 9.92. The van der Waals surface area contributed by atoms with E-state index in [0.29, 0.717) is 0 Å². The zero-order chi connectivity index (χ0) is 8.43. The van der Waals surface area contributed by atoms with Crippen molar-refractivity contribution in [3.05, 3.63) is 23.3 Å². The van der Waals surface area contributed by atoms with Crippen LogP contribution >= 0.6 is 0 Å². The Morgan fingerprint density at radius 3 is 2.45 bits per heavy atom. The van der Waals surface area contributed by atoms with Gasteiger partial charge in [-0.2, -0.15) is 0 Å². The molecule has 0 radical (unpaired) electrons. The Morgan fingerprint density at radius 2 is 1.91 bits per heavy atom. The summed E-state index contributed by atoms with van der Waals surface area (Å²) in [4.78, 5) is 0. The SMILES string of the molecule is CCC1=CC=C(C)[C@H](O)[C@@H]1O. The first-order chi connectivity index (χ1) is 5.16. The largest absolute Gasteiger partial charge is 0.386 e. The number of allylic oxidation sites excluding steroid dienone is 2. The van der Waals surface area contributed by atoms with Gasteiger partial charge < -0.3 is 10.2 Å². The second-order valence-corrected chi connectivity index (χ2v) is 2.90. The molecular formula is C9H14O2. The molecule has 0 aromatic heterocycles. The number of hydrogen-bond donors (Lipinski definition) is 2. The van der Waals surface area contributed by atoms with Gasteiger partial charge in [-0.05, 0) is 24.5 Å². The number of rotatable bonds is 1. The molecule has 11 heavy (non-hydrogen) atoms. The Bertz CT molecular complexity index is 204. The summed E-state index contributed by atoms with van der Waals surface area (Å²) < 4.78 is 0. The Kier molecular flexibility index (Phi) is 2.47. The minimum absolute atomic E-state index is 0.690. The monoisotopic (exact) mass is 154 g/mol. The molecule has 0 heterocycles. The van der Waals surface area contributed by atoms with Crippen LogP contribution in [0.1, 0.15) is 20.3 Å². The molecule has 0 spiro atoms. The zero-order valence-corrected chi connectivity index (χ0v) is 6.91. The van der Waals surface area contributed by atoms with Crippen LogP contribution in [0.3, 0.4) is 0 Å². The van der Waals surface area contributed by atoms with Gasteiger partial charge in [0.05, 0.1) is 0 Å². The van der Waals surface area contributed by atoms with E-state index in [2.05, 4.69) is 0 Å². The Labute approximate surface area is 66.9 Å². The fourth-order valence-corrected chi connectivity index (χ4v) is 1.21. The minimum Gasteiger partial charge on any atom is -0.386 e. The van der Waals surface area contributed by atoms with E-state index in [1.165, 1.54) is 0 Å². The molecule has 0 unspecified atom stereocenters. The van der Waals surface area contributed by atoms with E-state index < -0.39 is 12.2 Å². The topological polar surface area (TPSA) is 40.5 Å². The molecule has 0 aliphatic heterocycles. The summed E-state index contributed by atoms with van der Waals surface area (Å²) in [6, 6.07) is 0. The van der Waals surface area contributed by atoms with Gasteiger partial charge in [0.25, 0.3) is 0 Å². The predicted octanol–water partition coefficient (Wildman–Crippen LogP) is 1.00. The third-order valence-corrected chi connectivity index (χ3v) is 2.11. The molecule has 0 saturated carbocycles. The quantitative estimate of drug-likeness (QED) is 0.591. The van der Waals surface area contributed by atoms with E-state index in [4.69, 9.17) is 0 Å². The van der Waals surface area contributed by atoms with Crippen molar-refractivity contribution >= 4 is 0 Å². The van der Waals surface area contributed by atoms with E-state index >= 15 is 0 Å². The minimum atomic E-state index is -0.699. The summed E-state index contributed by atoms with van der Waals surface area (Å²) in [5.41, 5.74) is 1.73. The Balaban J connectivity index is 2.84. The van der Waals surface area contributed by atoms with Crippen LogP contribution in [-0.2, 0) is 0 Å². The second-order valence-electron chi connectivity index (χ2n) is 2.90. The molecule has 2 heteroatoms. The van der Waals surface area contributed by atoms with Crippen LogP contribution in [0.4, 0.5) is 0 Å². The van der Waals surface area contributed by atoms with Crippen molar-refractivity contribution in [1.82, 2.24) is 0 Å². The highest BCUT2D eigenvalue weighted by Crippen LogP contribution is 2.21. The summed E-state index contributed by atoms with van der Waals surface area (Å²) >= 11 is 0. The maximum atomic E-state index is 9.45. The van der Waals surface area contributed by atoms with E-state index in [1.807, 2.05) is 26.0 Å². The summed E-state index contributed by atoms with van der Waals surface area (Å²) in [5, 5.41) is 18.8. The molecular weight excluding hydrogens is 140 g/mol. The van der Waals surface area contributed by atoms with Crippen LogP contribution in [0.5, 0.6) is 0 Å². The molecule has 1 rings (SSSR count). The number of hydrogen-bond acceptors (Lipinski definition) is 2. The molecule has 2 nitrogen and oxygen atoms in total. The maximum absolute atomic E-state index is 9.45. The zero-order valence-electron chi connectivity index (χ0n) is 6.91. The lowest BCUT2D eigenvalue weighted by Crippen LogP contribution is -2.30. The third kappa shape index (κ3) is 1.52. The van der Waals surface area contributed by atoms with Gasteiger partial charge >= 0.3 is 0 Å². The van der Waals surface area contributed by atoms with Crippen LogP contribution in [0.2, 0.25) is 0 Å². The molecule has 0 aromatic carbocycles. The lowest BCUT2D eigenvalue weighted by molar-refractivity contribution is 0.0621. The molecule has 0 aromatic rings. The first-order valence-electron chi connectivity index (χ1n) is 3.90. The first kappa shape index (κ1) is 8.50. The van der Waals surface area contributed by atoms with Crippen LogP contribution in [-0.4, -0.2) is 22.4 Å². The van der Waals surface area contributed by atoms with Gasteiger partial charge in [0, 0.05) is 0 Å². The van der Waals surface area contributed by atoms with Gasteiger partial charge in [-0.1, -0.05) is 19.1 Å². The normalized spacial score (nSPS) is 31.3. The Hall–Kier alpha value is -0.600. The molecule has 62 valence electrons. The average Bonchev–Trinajstić information content (AvgIpc) is 2.01. The molecule has 0 fully saturated rings. The van der Waals surface area contributed by atoms with Crippen molar-refractivity contribution in [1.29, 1.82) is 0 Å².